The van der Waals surface area contributed by atoms with Crippen molar-refractivity contribution in [3.05, 3.63) is 84.2 Å². The van der Waals surface area contributed by atoms with E-state index in [9.17, 15) is 14.0 Å². The highest BCUT2D eigenvalue weighted by atomic mass is 32.2. The lowest BCUT2D eigenvalue weighted by Crippen LogP contribution is -2.22. The van der Waals surface area contributed by atoms with Gasteiger partial charge in [0, 0.05) is 27.6 Å². The molecular weight excluding hydrogens is 425 g/mol. The van der Waals surface area contributed by atoms with Gasteiger partial charge in [-0.2, -0.15) is 0 Å². The van der Waals surface area contributed by atoms with Gasteiger partial charge in [0.1, 0.15) is 16.5 Å². The zero-order valence-electron chi connectivity index (χ0n) is 17.5. The van der Waals surface area contributed by atoms with Crippen LogP contribution in [0, 0.1) is 5.82 Å². The van der Waals surface area contributed by atoms with Crippen LogP contribution in [0.2, 0.25) is 0 Å². The van der Waals surface area contributed by atoms with E-state index in [0.29, 0.717) is 22.0 Å². The molecule has 0 aliphatic rings. The van der Waals surface area contributed by atoms with Crippen LogP contribution in [0.4, 0.5) is 10.1 Å². The van der Waals surface area contributed by atoms with E-state index in [1.807, 2.05) is 24.3 Å². The lowest BCUT2D eigenvalue weighted by Gasteiger charge is -2.14. The van der Waals surface area contributed by atoms with Gasteiger partial charge in [0.25, 0.3) is 0 Å². The lowest BCUT2D eigenvalue weighted by molar-refractivity contribution is -0.115. The predicted molar refractivity (Wildman–Crippen MR) is 125 cm³/mol. The maximum atomic E-state index is 13.3. The van der Waals surface area contributed by atoms with Crippen LogP contribution in [0.1, 0.15) is 24.2 Å². The molecule has 5 nitrogen and oxygen atoms in total. The number of thioether (sulfide) groups is 1. The van der Waals surface area contributed by atoms with Crippen molar-refractivity contribution in [2.75, 3.05) is 5.32 Å². The van der Waals surface area contributed by atoms with Gasteiger partial charge in [0.2, 0.25) is 5.91 Å². The molecular formula is C25H20FN3O2S. The number of carbonyl (C=O) groups excluding carboxylic acids is 2. The maximum absolute atomic E-state index is 13.3. The smallest absolute Gasteiger partial charge is 0.237 e. The molecule has 32 heavy (non-hydrogen) atoms. The molecule has 0 saturated carbocycles. The number of aromatic nitrogens is 2. The summed E-state index contributed by atoms with van der Waals surface area (Å²) in [7, 11) is 0. The minimum absolute atomic E-state index is 0.0634. The highest BCUT2D eigenvalue weighted by Gasteiger charge is 2.19. The van der Waals surface area contributed by atoms with Gasteiger partial charge in [0.05, 0.1) is 5.25 Å². The molecule has 3 aromatic carbocycles. The molecule has 0 saturated heterocycles. The standard InChI is InChI=1S/C25H20FN3O2S/c1-15(30)18-6-5-7-20(14-18)27-24(31)16(2)32-25-22-9-4-3-8-21(22)23(28-29-25)17-10-12-19(26)13-11-17/h3-14,16H,1-2H3,(H,27,31). The first-order chi connectivity index (χ1) is 15.4. The van der Waals surface area contributed by atoms with Crippen LogP contribution >= 0.6 is 11.8 Å². The summed E-state index contributed by atoms with van der Waals surface area (Å²) < 4.78 is 13.3. The molecule has 0 fully saturated rings. The summed E-state index contributed by atoms with van der Waals surface area (Å²) in [4.78, 5) is 24.3. The Morgan fingerprint density at radius 3 is 2.38 bits per heavy atom. The largest absolute Gasteiger partial charge is 0.325 e. The molecule has 4 rings (SSSR count). The van der Waals surface area contributed by atoms with Crippen molar-refractivity contribution in [2.45, 2.75) is 24.1 Å². The van der Waals surface area contributed by atoms with Crippen LogP contribution in [0.3, 0.4) is 0 Å². The van der Waals surface area contributed by atoms with Crippen LogP contribution in [0.15, 0.2) is 77.8 Å². The van der Waals surface area contributed by atoms with Crippen molar-refractivity contribution in [1.29, 1.82) is 0 Å². The predicted octanol–water partition coefficient (Wildman–Crippen LogP) is 5.76. The van der Waals surface area contributed by atoms with Gasteiger partial charge in [-0.05, 0) is 50.2 Å². The number of amides is 1. The Labute approximate surface area is 189 Å². The third-order valence-corrected chi connectivity index (χ3v) is 6.06. The molecule has 0 aliphatic heterocycles. The Balaban J connectivity index is 1.58. The highest BCUT2D eigenvalue weighted by Crippen LogP contribution is 2.33. The van der Waals surface area contributed by atoms with Crippen molar-refractivity contribution in [2.24, 2.45) is 0 Å². The summed E-state index contributed by atoms with van der Waals surface area (Å²) in [5.74, 6) is -0.581. The number of halogens is 1. The Kier molecular flexibility index (Phi) is 6.28. The minimum Gasteiger partial charge on any atom is -0.325 e. The molecule has 7 heteroatoms. The van der Waals surface area contributed by atoms with E-state index < -0.39 is 5.25 Å². The highest BCUT2D eigenvalue weighted by molar-refractivity contribution is 8.00. The minimum atomic E-state index is -0.453. The second-order valence-electron chi connectivity index (χ2n) is 7.29. The summed E-state index contributed by atoms with van der Waals surface area (Å²) >= 11 is 1.30. The van der Waals surface area contributed by atoms with Crippen LogP contribution in [0.5, 0.6) is 0 Å². The molecule has 0 bridgehead atoms. The van der Waals surface area contributed by atoms with E-state index in [1.54, 1.807) is 43.3 Å². The molecule has 1 heterocycles. The lowest BCUT2D eigenvalue weighted by atomic mass is 10.1. The third-order valence-electron chi connectivity index (χ3n) is 4.97. The summed E-state index contributed by atoms with van der Waals surface area (Å²) in [6.45, 7) is 3.28. The van der Waals surface area contributed by atoms with Crippen molar-refractivity contribution >= 4 is 39.9 Å². The maximum Gasteiger partial charge on any atom is 0.237 e. The van der Waals surface area contributed by atoms with Gasteiger partial charge in [-0.1, -0.05) is 48.2 Å². The summed E-state index contributed by atoms with van der Waals surface area (Å²) in [6, 6.07) is 20.6. The molecule has 0 spiro atoms. The second kappa shape index (κ2) is 9.28. The third kappa shape index (κ3) is 4.68. The number of rotatable bonds is 6. The number of ketones is 1. The number of benzene rings is 3. The van der Waals surface area contributed by atoms with E-state index in [0.717, 1.165) is 16.3 Å². The quantitative estimate of drug-likeness (QED) is 0.302. The Morgan fingerprint density at radius 1 is 0.938 bits per heavy atom. The first-order valence-electron chi connectivity index (χ1n) is 10.0. The molecule has 1 unspecified atom stereocenters. The Bertz CT molecular complexity index is 1310. The topological polar surface area (TPSA) is 72.0 Å². The summed E-state index contributed by atoms with van der Waals surface area (Å²) in [5.41, 5.74) is 2.53. The number of hydrogen-bond acceptors (Lipinski definition) is 5. The molecule has 1 atom stereocenters. The summed E-state index contributed by atoms with van der Waals surface area (Å²) in [6.07, 6.45) is 0. The molecule has 1 aromatic heterocycles. The average Bonchev–Trinajstić information content (AvgIpc) is 2.80. The average molecular weight is 446 g/mol. The van der Waals surface area contributed by atoms with Crippen molar-refractivity contribution in [3.63, 3.8) is 0 Å². The SMILES string of the molecule is CC(=O)c1cccc(NC(=O)C(C)Sc2nnc(-c3ccc(F)cc3)c3ccccc23)c1. The van der Waals surface area contributed by atoms with Gasteiger partial charge in [0.15, 0.2) is 5.78 Å². The van der Waals surface area contributed by atoms with E-state index in [4.69, 9.17) is 0 Å². The van der Waals surface area contributed by atoms with Gasteiger partial charge in [-0.25, -0.2) is 4.39 Å². The van der Waals surface area contributed by atoms with Gasteiger partial charge in [-0.3, -0.25) is 9.59 Å². The van der Waals surface area contributed by atoms with Crippen LogP contribution in [0.25, 0.3) is 22.0 Å². The molecule has 0 radical (unpaired) electrons. The number of fused-ring (bicyclic) bond motifs is 1. The molecule has 1 N–H and O–H groups in total. The van der Waals surface area contributed by atoms with Crippen LogP contribution in [-0.2, 0) is 4.79 Å². The fourth-order valence-electron chi connectivity index (χ4n) is 3.27. The fraction of sp³-hybridized carbons (Fsp3) is 0.120. The molecule has 4 aromatic rings. The molecule has 0 aliphatic carbocycles. The monoisotopic (exact) mass is 445 g/mol. The molecule has 1 amide bonds. The van der Waals surface area contributed by atoms with E-state index in [1.165, 1.54) is 30.8 Å². The summed E-state index contributed by atoms with van der Waals surface area (Å²) in [5, 5.41) is 13.5. The Morgan fingerprint density at radius 2 is 1.66 bits per heavy atom. The zero-order chi connectivity index (χ0) is 22.7. The Hall–Kier alpha value is -3.58. The van der Waals surface area contributed by atoms with E-state index >= 15 is 0 Å². The van der Waals surface area contributed by atoms with Gasteiger partial charge < -0.3 is 5.32 Å². The zero-order valence-corrected chi connectivity index (χ0v) is 18.3. The number of anilines is 1. The first-order valence-corrected chi connectivity index (χ1v) is 10.9. The van der Waals surface area contributed by atoms with E-state index in [-0.39, 0.29) is 17.5 Å². The number of carbonyl (C=O) groups is 2. The van der Waals surface area contributed by atoms with Gasteiger partial charge in [-0.15, -0.1) is 10.2 Å². The van der Waals surface area contributed by atoms with Crippen molar-refractivity contribution < 1.29 is 14.0 Å². The van der Waals surface area contributed by atoms with Crippen molar-refractivity contribution in [3.8, 4) is 11.3 Å². The van der Waals surface area contributed by atoms with E-state index in [2.05, 4.69) is 15.5 Å². The number of hydrogen-bond donors (Lipinski definition) is 1. The first kappa shape index (κ1) is 21.6. The second-order valence-corrected chi connectivity index (χ2v) is 8.62. The molecule has 160 valence electrons. The van der Waals surface area contributed by atoms with Crippen LogP contribution < -0.4 is 5.32 Å². The van der Waals surface area contributed by atoms with Crippen LogP contribution in [-0.4, -0.2) is 27.1 Å². The normalized spacial score (nSPS) is 11.8. The van der Waals surface area contributed by atoms with Crippen molar-refractivity contribution in [1.82, 2.24) is 10.2 Å². The number of Topliss-reactive ketones (excluding diaryl/α,β-unsaturated/α-hetero) is 1. The number of nitrogens with one attached hydrogen (secondary N) is 1. The van der Waals surface area contributed by atoms with Gasteiger partial charge >= 0.3 is 0 Å². The fourth-order valence-corrected chi connectivity index (χ4v) is 4.16. The number of nitrogens with zero attached hydrogens (tertiary/aromatic N) is 2.